The first-order valence-corrected chi connectivity index (χ1v) is 16.3. The molecule has 0 saturated carbocycles. The Bertz CT molecular complexity index is 1850. The molecular weight excluding hydrogens is 603 g/mol. The third-order valence-corrected chi connectivity index (χ3v) is 8.70. The second-order valence-electron chi connectivity index (χ2n) is 11.4. The van der Waals surface area contributed by atoms with E-state index in [4.69, 9.17) is 0 Å². The predicted octanol–water partition coefficient (Wildman–Crippen LogP) is 9.00. The van der Waals surface area contributed by atoms with Crippen LogP contribution in [-0.4, -0.2) is 17.7 Å². The van der Waals surface area contributed by atoms with E-state index in [-0.39, 0.29) is 17.5 Å². The van der Waals surface area contributed by atoms with Crippen molar-refractivity contribution in [1.82, 2.24) is 5.32 Å². The summed E-state index contributed by atoms with van der Waals surface area (Å²) in [6.07, 6.45) is 1.66. The van der Waals surface area contributed by atoms with Gasteiger partial charge < -0.3 is 16.0 Å². The minimum absolute atomic E-state index is 0.116. The minimum atomic E-state index is -0.501. The summed E-state index contributed by atoms with van der Waals surface area (Å²) in [5.74, 6) is -0.561. The fraction of sp³-hybridized carbons (Fsp3) is 0.125. The van der Waals surface area contributed by atoms with Crippen LogP contribution in [0, 0.1) is 6.92 Å². The number of hydrogen-bond acceptors (Lipinski definition) is 4. The number of thioether (sulfide) groups is 1. The highest BCUT2D eigenvalue weighted by atomic mass is 32.2. The quantitative estimate of drug-likeness (QED) is 0.0995. The lowest BCUT2D eigenvalue weighted by Gasteiger charge is -2.18. The molecule has 6 nitrogen and oxygen atoms in total. The smallest absolute Gasteiger partial charge is 0.272 e. The fourth-order valence-corrected chi connectivity index (χ4v) is 5.90. The van der Waals surface area contributed by atoms with Crippen molar-refractivity contribution >= 4 is 46.9 Å². The van der Waals surface area contributed by atoms with Gasteiger partial charge in [-0.2, -0.15) is 0 Å². The van der Waals surface area contributed by atoms with Gasteiger partial charge in [-0.3, -0.25) is 14.4 Å². The van der Waals surface area contributed by atoms with E-state index in [0.717, 1.165) is 27.3 Å². The molecule has 236 valence electrons. The first-order valence-electron chi connectivity index (χ1n) is 15.4. The number of hydrogen-bond donors (Lipinski definition) is 3. The van der Waals surface area contributed by atoms with Crippen LogP contribution < -0.4 is 16.0 Å². The van der Waals surface area contributed by atoms with Gasteiger partial charge in [0, 0.05) is 21.8 Å². The third-order valence-electron chi connectivity index (χ3n) is 7.43. The Morgan fingerprint density at radius 3 is 1.91 bits per heavy atom. The lowest BCUT2D eigenvalue weighted by atomic mass is 10.0. The van der Waals surface area contributed by atoms with Crippen LogP contribution in [-0.2, 0) is 9.59 Å². The van der Waals surface area contributed by atoms with Crippen molar-refractivity contribution in [2.75, 3.05) is 10.6 Å². The summed E-state index contributed by atoms with van der Waals surface area (Å²) < 4.78 is 0. The SMILES string of the molecule is Cc1cccc(/C=C(\NC(=O)c2ccccc2)C(=O)Nc2ccc(SC(C(=O)Nc3ccc(C(C)C)cc3)c3ccccc3)cc2)c1. The van der Waals surface area contributed by atoms with E-state index in [1.54, 1.807) is 42.5 Å². The van der Waals surface area contributed by atoms with Gasteiger partial charge in [-0.25, -0.2) is 0 Å². The number of nitrogens with one attached hydrogen (secondary N) is 3. The van der Waals surface area contributed by atoms with Crippen molar-refractivity contribution < 1.29 is 14.4 Å². The predicted molar refractivity (Wildman–Crippen MR) is 192 cm³/mol. The molecule has 5 rings (SSSR count). The largest absolute Gasteiger partial charge is 0.325 e. The minimum Gasteiger partial charge on any atom is -0.325 e. The summed E-state index contributed by atoms with van der Waals surface area (Å²) in [5.41, 5.74) is 5.77. The molecule has 1 atom stereocenters. The molecule has 0 aliphatic carbocycles. The zero-order valence-electron chi connectivity index (χ0n) is 26.6. The Labute approximate surface area is 280 Å². The van der Waals surface area contributed by atoms with Crippen molar-refractivity contribution in [3.05, 3.63) is 167 Å². The summed E-state index contributed by atoms with van der Waals surface area (Å²) in [4.78, 5) is 40.9. The zero-order valence-corrected chi connectivity index (χ0v) is 27.4. The fourth-order valence-electron chi connectivity index (χ4n) is 4.88. The molecule has 0 saturated heterocycles. The van der Waals surface area contributed by atoms with E-state index >= 15 is 0 Å². The molecule has 0 fully saturated rings. The first kappa shape index (κ1) is 33.0. The Kier molecular flexibility index (Phi) is 11.0. The normalized spacial score (nSPS) is 11.9. The molecule has 5 aromatic rings. The topological polar surface area (TPSA) is 87.3 Å². The second-order valence-corrected chi connectivity index (χ2v) is 12.6. The van der Waals surface area contributed by atoms with Crippen LogP contribution in [0.5, 0.6) is 0 Å². The maximum absolute atomic E-state index is 13.6. The summed E-state index contributed by atoms with van der Waals surface area (Å²) in [6, 6.07) is 41.3. The Morgan fingerprint density at radius 2 is 1.28 bits per heavy atom. The maximum Gasteiger partial charge on any atom is 0.272 e. The Balaban J connectivity index is 1.31. The standard InChI is InChI=1S/C40H37N3O3S/c1-27(2)30-17-19-33(20-18-30)42-40(46)37(31-13-6-4-7-14-31)47-35-23-21-34(22-24-35)41-39(45)36(26-29-12-10-11-28(3)25-29)43-38(44)32-15-8-5-9-16-32/h4-27,37H,1-3H3,(H,41,45)(H,42,46)(H,43,44)/b36-26-. The van der Waals surface area contributed by atoms with E-state index in [2.05, 4.69) is 29.8 Å². The summed E-state index contributed by atoms with van der Waals surface area (Å²) >= 11 is 1.43. The molecule has 3 amide bonds. The lowest BCUT2D eigenvalue weighted by Crippen LogP contribution is -2.30. The molecule has 0 bridgehead atoms. The second kappa shape index (κ2) is 15.7. The van der Waals surface area contributed by atoms with Crippen LogP contribution >= 0.6 is 11.8 Å². The van der Waals surface area contributed by atoms with Crippen LogP contribution in [0.15, 0.2) is 144 Å². The number of aryl methyl sites for hydroxylation is 1. The molecule has 0 spiro atoms. The molecule has 3 N–H and O–H groups in total. The molecule has 0 radical (unpaired) electrons. The third kappa shape index (κ3) is 9.31. The van der Waals surface area contributed by atoms with Gasteiger partial charge in [-0.05, 0) is 84.1 Å². The average molecular weight is 640 g/mol. The van der Waals surface area contributed by atoms with E-state index in [0.29, 0.717) is 17.2 Å². The monoisotopic (exact) mass is 639 g/mol. The van der Waals surface area contributed by atoms with Gasteiger partial charge in [0.1, 0.15) is 10.9 Å². The van der Waals surface area contributed by atoms with Crippen molar-refractivity contribution in [1.29, 1.82) is 0 Å². The molecule has 0 aliphatic heterocycles. The van der Waals surface area contributed by atoms with Gasteiger partial charge in [0.05, 0.1) is 0 Å². The van der Waals surface area contributed by atoms with Gasteiger partial charge in [0.2, 0.25) is 5.91 Å². The molecule has 0 heterocycles. The highest BCUT2D eigenvalue weighted by molar-refractivity contribution is 8.00. The van der Waals surface area contributed by atoms with Crippen molar-refractivity contribution in [2.45, 2.75) is 36.8 Å². The number of anilines is 2. The van der Waals surface area contributed by atoms with Crippen LogP contribution in [0.25, 0.3) is 6.08 Å². The Morgan fingerprint density at radius 1 is 0.660 bits per heavy atom. The van der Waals surface area contributed by atoms with Gasteiger partial charge in [0.25, 0.3) is 11.8 Å². The molecule has 0 aliphatic rings. The number of carbonyl (C=O) groups is 3. The number of amides is 3. The van der Waals surface area contributed by atoms with E-state index in [1.165, 1.54) is 17.3 Å². The highest BCUT2D eigenvalue weighted by Gasteiger charge is 2.23. The first-order chi connectivity index (χ1) is 22.7. The average Bonchev–Trinajstić information content (AvgIpc) is 3.08. The van der Waals surface area contributed by atoms with Gasteiger partial charge >= 0.3 is 0 Å². The summed E-state index contributed by atoms with van der Waals surface area (Å²) in [7, 11) is 0. The molecule has 47 heavy (non-hydrogen) atoms. The lowest BCUT2D eigenvalue weighted by molar-refractivity contribution is -0.116. The van der Waals surface area contributed by atoms with Crippen LogP contribution in [0.2, 0.25) is 0 Å². The number of carbonyl (C=O) groups excluding carboxylic acids is 3. The van der Waals surface area contributed by atoms with E-state index < -0.39 is 11.2 Å². The van der Waals surface area contributed by atoms with Crippen molar-refractivity contribution in [3.8, 4) is 0 Å². The van der Waals surface area contributed by atoms with Gasteiger partial charge in [-0.1, -0.05) is 104 Å². The van der Waals surface area contributed by atoms with Crippen molar-refractivity contribution in [2.24, 2.45) is 0 Å². The van der Waals surface area contributed by atoms with Gasteiger partial charge in [-0.15, -0.1) is 11.8 Å². The van der Waals surface area contributed by atoms with Gasteiger partial charge in [0.15, 0.2) is 0 Å². The molecule has 1 unspecified atom stereocenters. The maximum atomic E-state index is 13.6. The zero-order chi connectivity index (χ0) is 33.2. The summed E-state index contributed by atoms with van der Waals surface area (Å²) in [5, 5.41) is 8.25. The van der Waals surface area contributed by atoms with E-state index in [9.17, 15) is 14.4 Å². The molecule has 0 aromatic heterocycles. The van der Waals surface area contributed by atoms with Crippen molar-refractivity contribution in [3.63, 3.8) is 0 Å². The van der Waals surface area contributed by atoms with E-state index in [1.807, 2.05) is 104 Å². The van der Waals surface area contributed by atoms with Crippen LogP contribution in [0.4, 0.5) is 11.4 Å². The highest BCUT2D eigenvalue weighted by Crippen LogP contribution is 2.37. The number of rotatable bonds is 11. The van der Waals surface area contributed by atoms with Crippen LogP contribution in [0.3, 0.4) is 0 Å². The molecule has 7 heteroatoms. The van der Waals surface area contributed by atoms with Crippen LogP contribution in [0.1, 0.15) is 57.6 Å². The number of benzene rings is 5. The summed E-state index contributed by atoms with van der Waals surface area (Å²) in [6.45, 7) is 6.24. The molecular formula is C40H37N3O3S. The molecule has 5 aromatic carbocycles. The Hall–Kier alpha value is -5.40.